The maximum absolute atomic E-state index is 12.1. The van der Waals surface area contributed by atoms with Crippen LogP contribution in [0.25, 0.3) is 10.8 Å². The number of hydrogen-bond donors (Lipinski definition) is 1. The van der Waals surface area contributed by atoms with E-state index < -0.39 is 24.7 Å². The van der Waals surface area contributed by atoms with Crippen LogP contribution in [0.1, 0.15) is 23.2 Å². The van der Waals surface area contributed by atoms with Crippen LogP contribution in [0.3, 0.4) is 0 Å². The molecule has 1 N–H and O–H groups in total. The molecule has 2 aromatic rings. The largest absolute Gasteiger partial charge is 0.440 e. The molecule has 1 atom stereocenters. The Hall–Kier alpha value is -1.87. The molecule has 23 heavy (non-hydrogen) atoms. The third-order valence-corrected chi connectivity index (χ3v) is 3.61. The maximum Gasteiger partial charge on any atom is 0.411 e. The number of ether oxygens (including phenoxy) is 1. The van der Waals surface area contributed by atoms with Gasteiger partial charge in [-0.25, -0.2) is 4.98 Å². The number of amides is 1. The number of nitrogens with one attached hydrogen (secondary N) is 1. The van der Waals surface area contributed by atoms with Gasteiger partial charge in [0.25, 0.3) is 5.91 Å². The molecule has 0 saturated heterocycles. The van der Waals surface area contributed by atoms with E-state index in [1.54, 1.807) is 13.8 Å². The molecule has 0 bridgehead atoms. The van der Waals surface area contributed by atoms with Crippen LogP contribution in [0.15, 0.2) is 21.9 Å². The third kappa shape index (κ3) is 5.07. The Morgan fingerprint density at radius 3 is 2.87 bits per heavy atom. The average Bonchev–Trinajstić information content (AvgIpc) is 3.05. The highest BCUT2D eigenvalue weighted by atomic mass is 32.1. The van der Waals surface area contributed by atoms with Crippen molar-refractivity contribution in [3.63, 3.8) is 0 Å². The number of aromatic nitrogens is 1. The van der Waals surface area contributed by atoms with Crippen molar-refractivity contribution in [2.45, 2.75) is 26.1 Å². The zero-order chi connectivity index (χ0) is 17.0. The zero-order valence-electron chi connectivity index (χ0n) is 12.4. The molecule has 2 heterocycles. The Labute approximate surface area is 134 Å². The van der Waals surface area contributed by atoms with Gasteiger partial charge >= 0.3 is 6.18 Å². The summed E-state index contributed by atoms with van der Waals surface area (Å²) >= 11 is 1.42. The molecule has 0 aromatic carbocycles. The van der Waals surface area contributed by atoms with E-state index >= 15 is 0 Å². The predicted octanol–water partition coefficient (Wildman–Crippen LogP) is 3.41. The second kappa shape index (κ2) is 7.14. The Balaban J connectivity index is 1.93. The first-order chi connectivity index (χ1) is 10.8. The molecule has 0 aliphatic heterocycles. The number of thiophene rings is 1. The molecule has 0 unspecified atom stereocenters. The van der Waals surface area contributed by atoms with E-state index in [1.165, 1.54) is 11.3 Å². The number of alkyl halides is 3. The van der Waals surface area contributed by atoms with Crippen molar-refractivity contribution in [1.29, 1.82) is 0 Å². The first-order valence-corrected chi connectivity index (χ1v) is 7.61. The van der Waals surface area contributed by atoms with E-state index in [0.717, 1.165) is 4.88 Å². The van der Waals surface area contributed by atoms with Crippen LogP contribution in [0, 0.1) is 6.92 Å². The summed E-state index contributed by atoms with van der Waals surface area (Å²) in [6.07, 6.45) is -4.39. The van der Waals surface area contributed by atoms with Gasteiger partial charge in [-0.3, -0.25) is 4.79 Å². The quantitative estimate of drug-likeness (QED) is 0.869. The molecule has 0 spiro atoms. The molecular weight excluding hydrogens is 333 g/mol. The van der Waals surface area contributed by atoms with Crippen molar-refractivity contribution < 1.29 is 27.1 Å². The van der Waals surface area contributed by atoms with Gasteiger partial charge in [0.05, 0.1) is 11.5 Å². The van der Waals surface area contributed by atoms with Crippen LogP contribution in [0.4, 0.5) is 13.2 Å². The number of aryl methyl sites for hydroxylation is 1. The van der Waals surface area contributed by atoms with Crippen molar-refractivity contribution in [2.75, 3.05) is 13.2 Å². The molecule has 1 amide bonds. The third-order valence-electron chi connectivity index (χ3n) is 2.75. The van der Waals surface area contributed by atoms with Gasteiger partial charge in [0.15, 0.2) is 5.69 Å². The Morgan fingerprint density at radius 1 is 1.52 bits per heavy atom. The van der Waals surface area contributed by atoms with E-state index in [0.29, 0.717) is 11.7 Å². The molecule has 0 radical (unpaired) electrons. The molecule has 5 nitrogen and oxygen atoms in total. The van der Waals surface area contributed by atoms with Gasteiger partial charge in [-0.2, -0.15) is 13.2 Å². The lowest BCUT2D eigenvalue weighted by Crippen LogP contribution is -2.37. The van der Waals surface area contributed by atoms with Crippen LogP contribution in [0.2, 0.25) is 0 Å². The average molecular weight is 348 g/mol. The van der Waals surface area contributed by atoms with Crippen LogP contribution in [-0.2, 0) is 4.74 Å². The predicted molar refractivity (Wildman–Crippen MR) is 78.4 cm³/mol. The highest BCUT2D eigenvalue weighted by Crippen LogP contribution is 2.25. The van der Waals surface area contributed by atoms with Crippen molar-refractivity contribution in [2.24, 2.45) is 0 Å². The van der Waals surface area contributed by atoms with E-state index in [9.17, 15) is 18.0 Å². The second-order valence-electron chi connectivity index (χ2n) is 4.91. The fraction of sp³-hybridized carbons (Fsp3) is 0.429. The summed E-state index contributed by atoms with van der Waals surface area (Å²) in [5, 5.41) is 4.39. The number of rotatable bonds is 6. The standard InChI is InChI=1S/C14H15F3N2O3S/c1-8(6-21-7-14(15,16)17)18-12(20)11-9(2)22-13(19-11)10-4-3-5-23-10/h3-5,8H,6-7H2,1-2H3,(H,18,20)/t8-/m0/s1. The second-order valence-corrected chi connectivity index (χ2v) is 5.85. The maximum atomic E-state index is 12.1. The van der Waals surface area contributed by atoms with Gasteiger partial charge in [0, 0.05) is 6.04 Å². The topological polar surface area (TPSA) is 64.4 Å². The fourth-order valence-electron chi connectivity index (χ4n) is 1.80. The molecule has 2 aromatic heterocycles. The summed E-state index contributed by atoms with van der Waals surface area (Å²) in [5.41, 5.74) is 0.107. The Bertz CT molecular complexity index is 653. The van der Waals surface area contributed by atoms with Crippen molar-refractivity contribution >= 4 is 17.2 Å². The van der Waals surface area contributed by atoms with Crippen molar-refractivity contribution in [3.8, 4) is 10.8 Å². The number of carbonyl (C=O) groups excluding carboxylic acids is 1. The first-order valence-electron chi connectivity index (χ1n) is 6.73. The molecule has 126 valence electrons. The monoisotopic (exact) mass is 348 g/mol. The minimum Gasteiger partial charge on any atom is -0.440 e. The minimum atomic E-state index is -4.39. The first kappa shape index (κ1) is 17.5. The lowest BCUT2D eigenvalue weighted by atomic mass is 10.3. The molecule has 0 aliphatic rings. The number of oxazole rings is 1. The number of nitrogens with zero attached hydrogens (tertiary/aromatic N) is 1. The molecule has 2 rings (SSSR count). The molecule has 0 saturated carbocycles. The van der Waals surface area contributed by atoms with Crippen molar-refractivity contribution in [3.05, 3.63) is 29.0 Å². The fourth-order valence-corrected chi connectivity index (χ4v) is 2.45. The smallest absolute Gasteiger partial charge is 0.411 e. The Morgan fingerprint density at radius 2 is 2.26 bits per heavy atom. The molecule has 9 heteroatoms. The van der Waals surface area contributed by atoms with Crippen LogP contribution < -0.4 is 5.32 Å². The lowest BCUT2D eigenvalue weighted by molar-refractivity contribution is -0.174. The molecular formula is C14H15F3N2O3S. The van der Waals surface area contributed by atoms with E-state index in [2.05, 4.69) is 15.0 Å². The highest BCUT2D eigenvalue weighted by Gasteiger charge is 2.28. The number of carbonyl (C=O) groups is 1. The van der Waals surface area contributed by atoms with Crippen LogP contribution in [0.5, 0.6) is 0 Å². The van der Waals surface area contributed by atoms with E-state index in [1.807, 2.05) is 17.5 Å². The summed E-state index contributed by atoms with van der Waals surface area (Å²) in [4.78, 5) is 17.0. The normalized spacial score (nSPS) is 13.1. The highest BCUT2D eigenvalue weighted by molar-refractivity contribution is 7.13. The van der Waals surface area contributed by atoms with Gasteiger partial charge in [-0.05, 0) is 25.3 Å². The molecule has 0 aliphatic carbocycles. The summed E-state index contributed by atoms with van der Waals surface area (Å²) in [6.45, 7) is 1.55. The number of hydrogen-bond acceptors (Lipinski definition) is 5. The van der Waals surface area contributed by atoms with Crippen molar-refractivity contribution in [1.82, 2.24) is 10.3 Å². The van der Waals surface area contributed by atoms with Gasteiger partial charge in [0.1, 0.15) is 12.4 Å². The molecule has 0 fully saturated rings. The van der Waals surface area contributed by atoms with Crippen LogP contribution >= 0.6 is 11.3 Å². The summed E-state index contributed by atoms with van der Waals surface area (Å²) in [5.74, 6) is 0.162. The number of halogens is 3. The van der Waals surface area contributed by atoms with Gasteiger partial charge in [0.2, 0.25) is 5.89 Å². The van der Waals surface area contributed by atoms with Gasteiger partial charge in [-0.1, -0.05) is 6.07 Å². The van der Waals surface area contributed by atoms with E-state index in [4.69, 9.17) is 4.42 Å². The Kier molecular flexibility index (Phi) is 5.42. The lowest BCUT2D eigenvalue weighted by Gasteiger charge is -2.14. The van der Waals surface area contributed by atoms with Crippen LogP contribution in [-0.4, -0.2) is 36.3 Å². The minimum absolute atomic E-state index is 0.107. The van der Waals surface area contributed by atoms with E-state index in [-0.39, 0.29) is 12.3 Å². The summed E-state index contributed by atoms with van der Waals surface area (Å²) < 4.78 is 45.9. The van der Waals surface area contributed by atoms with Gasteiger partial charge < -0.3 is 14.5 Å². The SMILES string of the molecule is Cc1oc(-c2cccs2)nc1C(=O)N[C@@H](C)COCC(F)(F)F. The summed E-state index contributed by atoms with van der Waals surface area (Å²) in [6, 6.07) is 3.05. The summed E-state index contributed by atoms with van der Waals surface area (Å²) in [7, 11) is 0. The zero-order valence-corrected chi connectivity index (χ0v) is 13.3. The van der Waals surface area contributed by atoms with Gasteiger partial charge in [-0.15, -0.1) is 11.3 Å².